The van der Waals surface area contributed by atoms with Crippen LogP contribution < -0.4 is 15.4 Å². The maximum absolute atomic E-state index is 14.7. The van der Waals surface area contributed by atoms with E-state index in [1.807, 2.05) is 0 Å². The number of hydrogen-bond donors (Lipinski definition) is 2. The summed E-state index contributed by atoms with van der Waals surface area (Å²) in [6.45, 7) is 1.13. The molecule has 2 rings (SSSR count). The predicted octanol–water partition coefficient (Wildman–Crippen LogP) is 4.95. The number of ketones is 2. The molecule has 2 aromatic carbocycles. The van der Waals surface area contributed by atoms with Gasteiger partial charge in [0.25, 0.3) is 11.8 Å². The van der Waals surface area contributed by atoms with Crippen LogP contribution >= 0.6 is 11.6 Å². The van der Waals surface area contributed by atoms with Gasteiger partial charge in [-0.15, -0.1) is 0 Å². The highest BCUT2D eigenvalue weighted by atomic mass is 35.5. The molecule has 0 aliphatic carbocycles. The average Bonchev–Trinajstić information content (AvgIpc) is 2.89. The largest absolute Gasteiger partial charge is 0.484 e. The first-order valence-electron chi connectivity index (χ1n) is 12.6. The monoisotopic (exact) mass is 604 g/mol. The minimum Gasteiger partial charge on any atom is -0.484 e. The van der Waals surface area contributed by atoms with E-state index in [2.05, 4.69) is 5.32 Å². The van der Waals surface area contributed by atoms with Gasteiger partial charge in [0, 0.05) is 23.9 Å². The van der Waals surface area contributed by atoms with Crippen molar-refractivity contribution in [1.29, 1.82) is 0 Å². The number of halogens is 6. The zero-order valence-corrected chi connectivity index (χ0v) is 23.0. The van der Waals surface area contributed by atoms with Gasteiger partial charge in [-0.05, 0) is 36.1 Å². The molecule has 0 saturated carbocycles. The Labute approximate surface area is 238 Å². The van der Waals surface area contributed by atoms with Gasteiger partial charge in [-0.25, -0.2) is 0 Å². The molecule has 2 aromatic rings. The summed E-state index contributed by atoms with van der Waals surface area (Å²) in [6.07, 6.45) is -7.04. The summed E-state index contributed by atoms with van der Waals surface area (Å²) < 4.78 is 71.7. The molecule has 0 saturated heterocycles. The fourth-order valence-corrected chi connectivity index (χ4v) is 3.98. The van der Waals surface area contributed by atoms with Gasteiger partial charge in [-0.2, -0.15) is 22.0 Å². The van der Waals surface area contributed by atoms with E-state index in [1.165, 1.54) is 25.2 Å². The Morgan fingerprint density at radius 1 is 0.951 bits per heavy atom. The highest BCUT2D eigenvalue weighted by Crippen LogP contribution is 2.28. The van der Waals surface area contributed by atoms with Crippen LogP contribution in [-0.2, 0) is 25.6 Å². The number of Topliss-reactive ketones (excluding diaryl/α,β-unsaturated/α-hetero) is 2. The van der Waals surface area contributed by atoms with Crippen molar-refractivity contribution in [3.05, 3.63) is 65.2 Å². The molecule has 0 heterocycles. The Kier molecular flexibility index (Phi) is 12.2. The minimum absolute atomic E-state index is 0.0318. The Morgan fingerprint density at radius 3 is 2.20 bits per heavy atom. The summed E-state index contributed by atoms with van der Waals surface area (Å²) in [6, 6.07) is 13.5. The normalized spacial score (nSPS) is 13.3. The summed E-state index contributed by atoms with van der Waals surface area (Å²) in [5.41, 5.74) is 0.628. The zero-order chi connectivity index (χ0) is 30.8. The van der Waals surface area contributed by atoms with Gasteiger partial charge in [0.1, 0.15) is 5.75 Å². The molecule has 0 fully saturated rings. The van der Waals surface area contributed by atoms with Crippen LogP contribution in [0, 0.1) is 11.8 Å². The summed E-state index contributed by atoms with van der Waals surface area (Å²) in [5.74, 6) is -12.4. The lowest BCUT2D eigenvalue weighted by Gasteiger charge is -2.26. The summed E-state index contributed by atoms with van der Waals surface area (Å²) in [5, 5.41) is 4.30. The number of ether oxygens (including phenoxy) is 1. The van der Waals surface area contributed by atoms with Crippen LogP contribution in [0.3, 0.4) is 0 Å². The van der Waals surface area contributed by atoms with E-state index in [0.29, 0.717) is 16.3 Å². The first-order chi connectivity index (χ1) is 19.1. The van der Waals surface area contributed by atoms with E-state index in [9.17, 15) is 41.1 Å². The van der Waals surface area contributed by atoms with E-state index in [-0.39, 0.29) is 6.42 Å². The second-order valence-corrected chi connectivity index (χ2v) is 10.1. The average molecular weight is 605 g/mol. The van der Waals surface area contributed by atoms with Crippen molar-refractivity contribution in [2.45, 2.75) is 51.3 Å². The van der Waals surface area contributed by atoms with Crippen molar-refractivity contribution in [1.82, 2.24) is 10.6 Å². The van der Waals surface area contributed by atoms with E-state index in [1.54, 1.807) is 48.5 Å². The van der Waals surface area contributed by atoms with E-state index in [0.717, 1.165) is 0 Å². The molecule has 0 bridgehead atoms. The summed E-state index contributed by atoms with van der Waals surface area (Å²) >= 11 is 5.89. The van der Waals surface area contributed by atoms with Gasteiger partial charge in [0.15, 0.2) is 12.4 Å². The molecule has 41 heavy (non-hydrogen) atoms. The molecule has 0 aliphatic heterocycles. The van der Waals surface area contributed by atoms with E-state index < -0.39 is 79.4 Å². The molecule has 0 aromatic heterocycles. The van der Waals surface area contributed by atoms with Crippen LogP contribution in [0.4, 0.5) is 22.0 Å². The van der Waals surface area contributed by atoms with Gasteiger partial charge < -0.3 is 15.4 Å². The second kappa shape index (κ2) is 14.9. The number of rotatable bonds is 15. The first-order valence-corrected chi connectivity index (χ1v) is 13.0. The van der Waals surface area contributed by atoms with Crippen LogP contribution in [0.5, 0.6) is 5.75 Å². The third kappa shape index (κ3) is 11.1. The molecule has 2 atom stereocenters. The third-order valence-electron chi connectivity index (χ3n) is 6.02. The van der Waals surface area contributed by atoms with Gasteiger partial charge >= 0.3 is 12.1 Å². The number of carbonyl (C=O) groups is 4. The Morgan fingerprint density at radius 2 is 1.61 bits per heavy atom. The molecular weight excluding hydrogens is 575 g/mol. The standard InChI is InChI=1S/C28H30ClF5N2O5/c1-17(2)21(25(39)28(33,34)26(40)35-12-11-27(30,31)32)15-23(37)22(13-18-7-4-3-5-8-18)36-24(38)16-41-20-10-6-9-19(29)14-20/h3-10,14,17,21-22H,11-13,15-16H2,1-2H3,(H,35,40)(H,36,38)/t21-,22-/m0/s1. The number of benzene rings is 2. The summed E-state index contributed by atoms with van der Waals surface area (Å²) in [7, 11) is 0. The number of hydrogen-bond acceptors (Lipinski definition) is 5. The first kappa shape index (κ1) is 33.7. The predicted molar refractivity (Wildman–Crippen MR) is 141 cm³/mol. The molecule has 2 N–H and O–H groups in total. The fourth-order valence-electron chi connectivity index (χ4n) is 3.80. The molecule has 0 radical (unpaired) electrons. The maximum Gasteiger partial charge on any atom is 0.390 e. The lowest BCUT2D eigenvalue weighted by atomic mass is 9.82. The topological polar surface area (TPSA) is 102 Å². The van der Waals surface area contributed by atoms with Crippen molar-refractivity contribution in [2.75, 3.05) is 13.2 Å². The zero-order valence-electron chi connectivity index (χ0n) is 22.3. The van der Waals surface area contributed by atoms with Crippen molar-refractivity contribution < 1.29 is 45.9 Å². The lowest BCUT2D eigenvalue weighted by molar-refractivity contribution is -0.163. The fraction of sp³-hybridized carbons (Fsp3) is 0.429. The highest BCUT2D eigenvalue weighted by Gasteiger charge is 2.51. The molecule has 13 heteroatoms. The van der Waals surface area contributed by atoms with Crippen molar-refractivity contribution in [3.8, 4) is 5.75 Å². The SMILES string of the molecule is CC(C)[C@H](CC(=O)[C@H](Cc1ccccc1)NC(=O)COc1cccc(Cl)c1)C(=O)C(F)(F)C(=O)NCCC(F)(F)F. The molecule has 224 valence electrons. The molecule has 0 aliphatic rings. The van der Waals surface area contributed by atoms with Gasteiger partial charge in [0.2, 0.25) is 5.78 Å². The molecular formula is C28H30ClF5N2O5. The molecule has 0 unspecified atom stereocenters. The van der Waals surface area contributed by atoms with Crippen LogP contribution in [0.1, 0.15) is 32.3 Å². The number of amides is 2. The Hall–Kier alpha value is -3.54. The van der Waals surface area contributed by atoms with Crippen molar-refractivity contribution in [2.24, 2.45) is 11.8 Å². The lowest BCUT2D eigenvalue weighted by Crippen LogP contribution is -2.51. The molecule has 7 nitrogen and oxygen atoms in total. The van der Waals surface area contributed by atoms with Gasteiger partial charge in [0.05, 0.1) is 12.5 Å². The van der Waals surface area contributed by atoms with Crippen molar-refractivity contribution >= 4 is 35.0 Å². The van der Waals surface area contributed by atoms with Gasteiger partial charge in [-0.3, -0.25) is 19.2 Å². The summed E-state index contributed by atoms with van der Waals surface area (Å²) in [4.78, 5) is 50.6. The van der Waals surface area contributed by atoms with E-state index in [4.69, 9.17) is 16.3 Å². The van der Waals surface area contributed by atoms with E-state index >= 15 is 0 Å². The van der Waals surface area contributed by atoms with Crippen LogP contribution in [0.2, 0.25) is 5.02 Å². The van der Waals surface area contributed by atoms with Gasteiger partial charge in [-0.1, -0.05) is 61.8 Å². The Balaban J connectivity index is 2.16. The maximum atomic E-state index is 14.7. The smallest absolute Gasteiger partial charge is 0.390 e. The quantitative estimate of drug-likeness (QED) is 0.221. The Bertz CT molecular complexity index is 1210. The van der Waals surface area contributed by atoms with Crippen LogP contribution in [0.15, 0.2) is 54.6 Å². The van der Waals surface area contributed by atoms with Crippen molar-refractivity contribution in [3.63, 3.8) is 0 Å². The van der Waals surface area contributed by atoms with Crippen LogP contribution in [0.25, 0.3) is 0 Å². The molecule has 2 amide bonds. The minimum atomic E-state index is -4.70. The molecule has 0 spiro atoms. The second-order valence-electron chi connectivity index (χ2n) is 9.64. The third-order valence-corrected chi connectivity index (χ3v) is 6.26. The number of alkyl halides is 5. The number of carbonyl (C=O) groups excluding carboxylic acids is 4. The highest BCUT2D eigenvalue weighted by molar-refractivity contribution is 6.30. The number of nitrogens with one attached hydrogen (secondary N) is 2. The van der Waals surface area contributed by atoms with Crippen LogP contribution in [-0.4, -0.2) is 54.7 Å².